The summed E-state index contributed by atoms with van der Waals surface area (Å²) < 4.78 is 0.413. The van der Waals surface area contributed by atoms with Gasteiger partial charge in [-0.15, -0.1) is 11.3 Å². The lowest BCUT2D eigenvalue weighted by Gasteiger charge is -1.95. The van der Waals surface area contributed by atoms with E-state index in [-0.39, 0.29) is 11.5 Å². The molecule has 0 aliphatic heterocycles. The smallest absolute Gasteiger partial charge is 0.294 e. The summed E-state index contributed by atoms with van der Waals surface area (Å²) in [6.07, 6.45) is 3.11. The zero-order valence-electron chi connectivity index (χ0n) is 9.19. The molecule has 0 radical (unpaired) electrons. The molecule has 6 nitrogen and oxygen atoms in total. The van der Waals surface area contributed by atoms with Crippen LogP contribution in [0.2, 0.25) is 0 Å². The molecular formula is C10H7N3O3S2. The quantitative estimate of drug-likeness (QED) is 0.371. The Morgan fingerprint density at radius 2 is 2.11 bits per heavy atom. The first-order chi connectivity index (χ1) is 8.58. The van der Waals surface area contributed by atoms with Crippen molar-refractivity contribution in [2.24, 2.45) is 0 Å². The van der Waals surface area contributed by atoms with Crippen molar-refractivity contribution < 1.29 is 9.72 Å². The average molecular weight is 281 g/mol. The van der Waals surface area contributed by atoms with E-state index in [2.05, 4.69) is 9.97 Å². The number of aromatic nitrogens is 2. The molecule has 0 aliphatic carbocycles. The fourth-order valence-corrected chi connectivity index (χ4v) is 3.20. The number of nitrogens with zero attached hydrogens (tertiary/aromatic N) is 3. The van der Waals surface area contributed by atoms with E-state index in [0.717, 1.165) is 23.1 Å². The van der Waals surface area contributed by atoms with Crippen molar-refractivity contribution >= 4 is 34.6 Å². The van der Waals surface area contributed by atoms with Crippen molar-refractivity contribution in [3.63, 3.8) is 0 Å². The molecule has 0 aliphatic rings. The maximum atomic E-state index is 11.2. The molecule has 0 atom stereocenters. The Morgan fingerprint density at radius 1 is 1.44 bits per heavy atom. The first-order valence-corrected chi connectivity index (χ1v) is 6.45. The second-order valence-electron chi connectivity index (χ2n) is 3.23. The maximum Gasteiger partial charge on any atom is 0.294 e. The summed E-state index contributed by atoms with van der Waals surface area (Å²) in [5, 5.41) is 11.3. The molecule has 2 aromatic heterocycles. The lowest BCUT2D eigenvalue weighted by molar-refractivity contribution is -0.387. The van der Waals surface area contributed by atoms with Gasteiger partial charge < -0.3 is 0 Å². The Kier molecular flexibility index (Phi) is 3.68. The third-order valence-electron chi connectivity index (χ3n) is 1.95. The molecule has 2 rings (SSSR count). The van der Waals surface area contributed by atoms with Gasteiger partial charge in [0.05, 0.1) is 9.80 Å². The Labute approximate surface area is 110 Å². The fourth-order valence-electron chi connectivity index (χ4n) is 1.16. The number of Topliss-reactive ketones (excluding diaryl/α,β-unsaturated/α-hetero) is 1. The van der Waals surface area contributed by atoms with E-state index in [4.69, 9.17) is 0 Å². The summed E-state index contributed by atoms with van der Waals surface area (Å²) in [4.78, 5) is 29.9. The number of carbonyl (C=O) groups is 1. The van der Waals surface area contributed by atoms with Crippen LogP contribution >= 0.6 is 23.1 Å². The normalized spacial score (nSPS) is 10.3. The lowest BCUT2D eigenvalue weighted by Crippen LogP contribution is -1.88. The molecule has 0 saturated heterocycles. The summed E-state index contributed by atoms with van der Waals surface area (Å²) in [5.74, 6) is -0.191. The SMILES string of the molecule is CC(=O)c1cc([N+](=O)[O-])c(Sc2ncccn2)s1. The van der Waals surface area contributed by atoms with Crippen molar-refractivity contribution in [1.82, 2.24) is 9.97 Å². The molecule has 0 unspecified atom stereocenters. The van der Waals surface area contributed by atoms with Gasteiger partial charge in [-0.3, -0.25) is 14.9 Å². The molecular weight excluding hydrogens is 274 g/mol. The maximum absolute atomic E-state index is 11.2. The standard InChI is InChI=1S/C10H7N3O3S2/c1-6(14)8-5-7(13(15)16)9(17-8)18-10-11-3-2-4-12-10/h2-5H,1H3. The Bertz CT molecular complexity index is 598. The van der Waals surface area contributed by atoms with Crippen molar-refractivity contribution in [3.8, 4) is 0 Å². The monoisotopic (exact) mass is 281 g/mol. The molecule has 8 heteroatoms. The molecule has 0 aromatic carbocycles. The third-order valence-corrected chi connectivity index (χ3v) is 4.26. The zero-order chi connectivity index (χ0) is 13.1. The second kappa shape index (κ2) is 5.23. The van der Waals surface area contributed by atoms with Gasteiger partial charge in [0.1, 0.15) is 4.21 Å². The summed E-state index contributed by atoms with van der Waals surface area (Å²) in [7, 11) is 0. The first kappa shape index (κ1) is 12.7. The first-order valence-electron chi connectivity index (χ1n) is 4.82. The van der Waals surface area contributed by atoms with Gasteiger partial charge in [-0.05, 0) is 24.8 Å². The molecule has 18 heavy (non-hydrogen) atoms. The van der Waals surface area contributed by atoms with Crippen molar-refractivity contribution in [2.75, 3.05) is 0 Å². The van der Waals surface area contributed by atoms with Crippen LogP contribution in [0.5, 0.6) is 0 Å². The minimum atomic E-state index is -0.506. The fraction of sp³-hybridized carbons (Fsp3) is 0.100. The minimum absolute atomic E-state index is 0.0809. The summed E-state index contributed by atoms with van der Waals surface area (Å²) in [5.41, 5.74) is -0.0809. The van der Waals surface area contributed by atoms with E-state index in [1.807, 2.05) is 0 Å². The molecule has 0 saturated carbocycles. The summed E-state index contributed by atoms with van der Waals surface area (Å²) in [6.45, 7) is 1.38. The molecule has 2 heterocycles. The van der Waals surface area contributed by atoms with Gasteiger partial charge in [-0.2, -0.15) is 0 Å². The third kappa shape index (κ3) is 2.71. The van der Waals surface area contributed by atoms with Crippen LogP contribution in [0.15, 0.2) is 33.9 Å². The van der Waals surface area contributed by atoms with Crippen molar-refractivity contribution in [1.29, 1.82) is 0 Å². The van der Waals surface area contributed by atoms with Crippen molar-refractivity contribution in [3.05, 3.63) is 39.5 Å². The van der Waals surface area contributed by atoms with Crippen LogP contribution in [-0.2, 0) is 0 Å². The van der Waals surface area contributed by atoms with E-state index in [1.54, 1.807) is 18.5 Å². The van der Waals surface area contributed by atoms with Gasteiger partial charge in [0.15, 0.2) is 10.9 Å². The molecule has 0 bridgehead atoms. The van der Waals surface area contributed by atoms with Gasteiger partial charge in [0, 0.05) is 18.5 Å². The lowest BCUT2D eigenvalue weighted by atomic mass is 10.3. The molecule has 0 N–H and O–H groups in total. The topological polar surface area (TPSA) is 86.0 Å². The van der Waals surface area contributed by atoms with Gasteiger partial charge >= 0.3 is 0 Å². The highest BCUT2D eigenvalue weighted by Gasteiger charge is 2.22. The zero-order valence-corrected chi connectivity index (χ0v) is 10.8. The van der Waals surface area contributed by atoms with Gasteiger partial charge in [-0.1, -0.05) is 0 Å². The molecule has 2 aromatic rings. The van der Waals surface area contributed by atoms with E-state index in [1.165, 1.54) is 13.0 Å². The van der Waals surface area contributed by atoms with E-state index < -0.39 is 4.92 Å². The van der Waals surface area contributed by atoms with Crippen LogP contribution in [0.1, 0.15) is 16.6 Å². The van der Waals surface area contributed by atoms with Crippen molar-refractivity contribution in [2.45, 2.75) is 16.3 Å². The minimum Gasteiger partial charge on any atom is -0.294 e. The molecule has 0 fully saturated rings. The highest BCUT2D eigenvalue weighted by atomic mass is 32.2. The van der Waals surface area contributed by atoms with Crippen LogP contribution in [0.3, 0.4) is 0 Å². The number of hydrogen-bond acceptors (Lipinski definition) is 7. The molecule has 0 amide bonds. The second-order valence-corrected chi connectivity index (χ2v) is 5.52. The van der Waals surface area contributed by atoms with Gasteiger partial charge in [0.25, 0.3) is 5.69 Å². The van der Waals surface area contributed by atoms with Crippen LogP contribution in [-0.4, -0.2) is 20.7 Å². The van der Waals surface area contributed by atoms with E-state index in [0.29, 0.717) is 14.2 Å². The predicted molar refractivity (Wildman–Crippen MR) is 67.1 cm³/mol. The average Bonchev–Trinajstić information content (AvgIpc) is 2.74. The highest BCUT2D eigenvalue weighted by Crippen LogP contribution is 2.40. The number of thiophene rings is 1. The number of hydrogen-bond donors (Lipinski definition) is 0. The number of rotatable bonds is 4. The number of carbonyl (C=O) groups excluding carboxylic acids is 1. The number of ketones is 1. The summed E-state index contributed by atoms with van der Waals surface area (Å²) >= 11 is 2.17. The van der Waals surface area contributed by atoms with Gasteiger partial charge in [0.2, 0.25) is 0 Å². The van der Waals surface area contributed by atoms with Crippen LogP contribution in [0.25, 0.3) is 0 Å². The summed E-state index contributed by atoms with van der Waals surface area (Å²) in [6, 6.07) is 2.95. The Morgan fingerprint density at radius 3 is 2.67 bits per heavy atom. The van der Waals surface area contributed by atoms with E-state index in [9.17, 15) is 14.9 Å². The highest BCUT2D eigenvalue weighted by molar-refractivity contribution is 8.01. The molecule has 92 valence electrons. The van der Waals surface area contributed by atoms with Crippen LogP contribution < -0.4 is 0 Å². The largest absolute Gasteiger partial charge is 0.294 e. The number of nitro groups is 1. The van der Waals surface area contributed by atoms with Crippen LogP contribution in [0.4, 0.5) is 5.69 Å². The van der Waals surface area contributed by atoms with E-state index >= 15 is 0 Å². The predicted octanol–water partition coefficient (Wildman–Crippen LogP) is 2.80. The Balaban J connectivity index is 2.37. The van der Waals surface area contributed by atoms with Gasteiger partial charge in [-0.25, -0.2) is 9.97 Å². The Hall–Kier alpha value is -1.80. The van der Waals surface area contributed by atoms with Crippen LogP contribution in [0, 0.1) is 10.1 Å². The molecule has 0 spiro atoms.